The molecule has 7 heteroatoms. The summed E-state index contributed by atoms with van der Waals surface area (Å²) in [6.45, 7) is 4.61. The van der Waals surface area contributed by atoms with Gasteiger partial charge in [0.25, 0.3) is 11.8 Å². The highest BCUT2D eigenvalue weighted by Gasteiger charge is 2.13. The van der Waals surface area contributed by atoms with Crippen LogP contribution in [0.5, 0.6) is 5.75 Å². The fraction of sp³-hybridized carbons (Fsp3) is 0.174. The van der Waals surface area contributed by atoms with Gasteiger partial charge in [0.2, 0.25) is 5.95 Å². The molecule has 2 aromatic carbocycles. The number of ether oxygens (including phenoxy) is 1. The molecule has 0 spiro atoms. The van der Waals surface area contributed by atoms with Crippen molar-refractivity contribution in [2.45, 2.75) is 13.8 Å². The summed E-state index contributed by atoms with van der Waals surface area (Å²) in [5.41, 5.74) is 0.883. The summed E-state index contributed by atoms with van der Waals surface area (Å²) < 4.78 is 19.7. The minimum atomic E-state index is -0.846. The van der Waals surface area contributed by atoms with Crippen molar-refractivity contribution in [2.24, 2.45) is 5.92 Å². The maximum atomic E-state index is 14.1. The van der Waals surface area contributed by atoms with Gasteiger partial charge in [0.05, 0.1) is 24.2 Å². The summed E-state index contributed by atoms with van der Waals surface area (Å²) in [7, 11) is 0. The summed E-state index contributed by atoms with van der Waals surface area (Å²) in [6, 6.07) is 16.5. The average molecular weight is 407 g/mol. The molecule has 0 bridgehead atoms. The Morgan fingerprint density at radius 2 is 1.67 bits per heavy atom. The second-order valence-corrected chi connectivity index (χ2v) is 7.07. The molecule has 0 aliphatic carbocycles. The van der Waals surface area contributed by atoms with Gasteiger partial charge in [0.1, 0.15) is 5.75 Å². The van der Waals surface area contributed by atoms with Gasteiger partial charge in [-0.1, -0.05) is 38.1 Å². The quantitative estimate of drug-likeness (QED) is 0.554. The van der Waals surface area contributed by atoms with Crippen LogP contribution in [0.15, 0.2) is 66.9 Å². The highest BCUT2D eigenvalue weighted by atomic mass is 19.1. The minimum Gasteiger partial charge on any atom is -0.493 e. The van der Waals surface area contributed by atoms with Crippen molar-refractivity contribution in [3.63, 3.8) is 0 Å². The zero-order valence-electron chi connectivity index (χ0n) is 16.7. The maximum absolute atomic E-state index is 14.1. The molecule has 2 N–H and O–H groups in total. The van der Waals surface area contributed by atoms with E-state index in [2.05, 4.69) is 15.6 Å². The number of hydrogen-bond acceptors (Lipinski definition) is 4. The molecule has 1 heterocycles. The molecular weight excluding hydrogens is 385 g/mol. The van der Waals surface area contributed by atoms with Crippen LogP contribution in [-0.2, 0) is 0 Å². The minimum absolute atomic E-state index is 0.129. The zero-order chi connectivity index (χ0) is 21.5. The second-order valence-electron chi connectivity index (χ2n) is 7.07. The van der Waals surface area contributed by atoms with Gasteiger partial charge in [-0.15, -0.1) is 0 Å². The molecule has 154 valence electrons. The molecule has 0 fully saturated rings. The fourth-order valence-corrected chi connectivity index (χ4v) is 2.58. The third kappa shape index (κ3) is 5.64. The second kappa shape index (κ2) is 9.65. The summed E-state index contributed by atoms with van der Waals surface area (Å²) in [4.78, 5) is 28.4. The summed E-state index contributed by atoms with van der Waals surface area (Å²) in [5, 5.41) is 5.12. The third-order valence-corrected chi connectivity index (χ3v) is 4.06. The van der Waals surface area contributed by atoms with Gasteiger partial charge in [-0.05, 0) is 42.3 Å². The largest absolute Gasteiger partial charge is 0.493 e. The average Bonchev–Trinajstić information content (AvgIpc) is 2.75. The van der Waals surface area contributed by atoms with E-state index in [-0.39, 0.29) is 11.4 Å². The molecule has 0 radical (unpaired) electrons. The van der Waals surface area contributed by atoms with Crippen LogP contribution in [-0.4, -0.2) is 23.4 Å². The van der Waals surface area contributed by atoms with E-state index >= 15 is 0 Å². The van der Waals surface area contributed by atoms with Crippen LogP contribution in [0.25, 0.3) is 0 Å². The lowest BCUT2D eigenvalue weighted by atomic mass is 10.2. The summed E-state index contributed by atoms with van der Waals surface area (Å²) >= 11 is 0. The summed E-state index contributed by atoms with van der Waals surface area (Å²) in [5.74, 6) is -0.781. The van der Waals surface area contributed by atoms with E-state index in [1.54, 1.807) is 54.6 Å². The molecule has 0 aliphatic heterocycles. The number of halogens is 1. The first kappa shape index (κ1) is 21.0. The van der Waals surface area contributed by atoms with Crippen molar-refractivity contribution in [2.75, 3.05) is 17.2 Å². The number of amides is 2. The van der Waals surface area contributed by atoms with Gasteiger partial charge in [-0.2, -0.15) is 4.39 Å². The van der Waals surface area contributed by atoms with Gasteiger partial charge in [0.15, 0.2) is 0 Å². The van der Waals surface area contributed by atoms with E-state index in [0.717, 1.165) is 0 Å². The van der Waals surface area contributed by atoms with E-state index in [1.807, 2.05) is 13.8 Å². The van der Waals surface area contributed by atoms with Gasteiger partial charge < -0.3 is 15.4 Å². The van der Waals surface area contributed by atoms with Crippen LogP contribution in [0.4, 0.5) is 15.8 Å². The molecule has 30 heavy (non-hydrogen) atoms. The Balaban J connectivity index is 1.71. The predicted octanol–water partition coefficient (Wildman–Crippen LogP) is 4.76. The first-order valence-electron chi connectivity index (χ1n) is 9.48. The van der Waals surface area contributed by atoms with Gasteiger partial charge in [-0.3, -0.25) is 9.59 Å². The van der Waals surface area contributed by atoms with Crippen LogP contribution in [0.2, 0.25) is 0 Å². The molecule has 0 atom stereocenters. The van der Waals surface area contributed by atoms with E-state index < -0.39 is 17.8 Å². The van der Waals surface area contributed by atoms with Gasteiger partial charge in [-0.25, -0.2) is 4.98 Å². The van der Waals surface area contributed by atoms with Crippen molar-refractivity contribution in [1.82, 2.24) is 4.98 Å². The Hall–Kier alpha value is -3.74. The Kier molecular flexibility index (Phi) is 6.75. The molecule has 2 amide bonds. The van der Waals surface area contributed by atoms with Crippen molar-refractivity contribution in [1.29, 1.82) is 0 Å². The molecule has 3 aromatic rings. The number of pyridine rings is 1. The molecule has 6 nitrogen and oxygen atoms in total. The van der Waals surface area contributed by atoms with Crippen LogP contribution in [0.1, 0.15) is 34.6 Å². The number of carbonyl (C=O) groups excluding carboxylic acids is 2. The number of carbonyl (C=O) groups is 2. The standard InChI is InChI=1S/C23H22FN3O3/c1-15(2)14-30-19-10-6-9-17(11-19)23(29)26-18-12-20(21(24)25-13-18)27-22(28)16-7-4-3-5-8-16/h3-13,15H,14H2,1-2H3,(H,26,29)(H,27,28). The van der Waals surface area contributed by atoms with E-state index in [1.165, 1.54) is 12.3 Å². The highest BCUT2D eigenvalue weighted by Crippen LogP contribution is 2.20. The van der Waals surface area contributed by atoms with Crippen LogP contribution < -0.4 is 15.4 Å². The Bertz CT molecular complexity index is 1040. The van der Waals surface area contributed by atoms with Crippen molar-refractivity contribution >= 4 is 23.2 Å². The first-order valence-corrected chi connectivity index (χ1v) is 9.48. The normalized spacial score (nSPS) is 10.5. The third-order valence-electron chi connectivity index (χ3n) is 4.06. The SMILES string of the molecule is CC(C)COc1cccc(C(=O)Nc2cnc(F)c(NC(=O)c3ccccc3)c2)c1. The lowest BCUT2D eigenvalue weighted by Crippen LogP contribution is -2.15. The Morgan fingerprint density at radius 3 is 2.40 bits per heavy atom. The lowest BCUT2D eigenvalue weighted by molar-refractivity contribution is 0.101. The van der Waals surface area contributed by atoms with Gasteiger partial charge >= 0.3 is 0 Å². The lowest BCUT2D eigenvalue weighted by Gasteiger charge is -2.11. The molecule has 0 saturated heterocycles. The van der Waals surface area contributed by atoms with Crippen LogP contribution >= 0.6 is 0 Å². The van der Waals surface area contributed by atoms with E-state index in [9.17, 15) is 14.0 Å². The molecular formula is C23H22FN3O3. The van der Waals surface area contributed by atoms with E-state index in [4.69, 9.17) is 4.74 Å². The monoisotopic (exact) mass is 407 g/mol. The maximum Gasteiger partial charge on any atom is 0.255 e. The molecule has 3 rings (SSSR count). The Morgan fingerprint density at radius 1 is 0.967 bits per heavy atom. The van der Waals surface area contributed by atoms with Gasteiger partial charge in [0, 0.05) is 11.1 Å². The summed E-state index contributed by atoms with van der Waals surface area (Å²) in [6.07, 6.45) is 1.19. The molecule has 0 aliphatic rings. The van der Waals surface area contributed by atoms with Crippen molar-refractivity contribution < 1.29 is 18.7 Å². The number of rotatable bonds is 7. The number of nitrogens with zero attached hydrogens (tertiary/aromatic N) is 1. The predicted molar refractivity (Wildman–Crippen MR) is 113 cm³/mol. The van der Waals surface area contributed by atoms with E-state index in [0.29, 0.717) is 29.4 Å². The molecule has 0 unspecified atom stereocenters. The topological polar surface area (TPSA) is 80.3 Å². The Labute approximate surface area is 174 Å². The number of aromatic nitrogens is 1. The first-order chi connectivity index (χ1) is 14.4. The highest BCUT2D eigenvalue weighted by molar-refractivity contribution is 6.06. The van der Waals surface area contributed by atoms with Crippen molar-refractivity contribution in [3.05, 3.63) is 83.9 Å². The number of hydrogen-bond donors (Lipinski definition) is 2. The number of benzene rings is 2. The van der Waals surface area contributed by atoms with Crippen LogP contribution in [0, 0.1) is 11.9 Å². The molecule has 0 saturated carbocycles. The fourth-order valence-electron chi connectivity index (χ4n) is 2.58. The van der Waals surface area contributed by atoms with Crippen LogP contribution in [0.3, 0.4) is 0 Å². The number of nitrogens with one attached hydrogen (secondary N) is 2. The number of anilines is 2. The zero-order valence-corrected chi connectivity index (χ0v) is 16.7. The smallest absolute Gasteiger partial charge is 0.255 e. The molecule has 1 aromatic heterocycles. The van der Waals surface area contributed by atoms with Crippen molar-refractivity contribution in [3.8, 4) is 5.75 Å².